The molecule has 0 radical (unpaired) electrons. The van der Waals surface area contributed by atoms with E-state index in [9.17, 15) is 0 Å². The summed E-state index contributed by atoms with van der Waals surface area (Å²) in [5.74, 6) is 0. The molecule has 0 rings (SSSR count). The highest BCUT2D eigenvalue weighted by atomic mass is 28.4. The van der Waals surface area contributed by atoms with E-state index in [1.165, 1.54) is 0 Å². The van der Waals surface area contributed by atoms with Crippen molar-refractivity contribution in [2.45, 2.75) is 64.1 Å². The zero-order valence-corrected chi connectivity index (χ0v) is 14.8. The van der Waals surface area contributed by atoms with E-state index in [0.717, 1.165) is 6.42 Å². The highest BCUT2D eigenvalue weighted by molar-refractivity contribution is 6.84. The Morgan fingerprint density at radius 2 is 1.71 bits per heavy atom. The first-order valence-electron chi connectivity index (χ1n) is 6.51. The standard InChI is InChI=1S/C14H30OSi2/c1-10-14(5,11-2)17(8,9)15-13(4)16(6,7)12-3/h10,12-13H,1,3,11H2,2,4-9H3. The van der Waals surface area contributed by atoms with Gasteiger partial charge < -0.3 is 4.43 Å². The average molecular weight is 271 g/mol. The van der Waals surface area contributed by atoms with Crippen molar-refractivity contribution >= 4 is 16.4 Å². The predicted molar refractivity (Wildman–Crippen MR) is 84.6 cm³/mol. The zero-order valence-electron chi connectivity index (χ0n) is 12.8. The maximum absolute atomic E-state index is 6.50. The van der Waals surface area contributed by atoms with E-state index in [1.807, 2.05) is 0 Å². The van der Waals surface area contributed by atoms with Gasteiger partial charge in [0.25, 0.3) is 0 Å². The molecule has 0 saturated heterocycles. The van der Waals surface area contributed by atoms with Crippen LogP contribution in [0.25, 0.3) is 0 Å². The molecule has 0 aliphatic carbocycles. The fourth-order valence-corrected chi connectivity index (χ4v) is 6.64. The largest absolute Gasteiger partial charge is 0.417 e. The molecule has 0 saturated carbocycles. The molecule has 2 unspecified atom stereocenters. The first-order chi connectivity index (χ1) is 7.56. The van der Waals surface area contributed by atoms with Crippen molar-refractivity contribution in [2.24, 2.45) is 0 Å². The van der Waals surface area contributed by atoms with Crippen molar-refractivity contribution in [3.8, 4) is 0 Å². The van der Waals surface area contributed by atoms with Gasteiger partial charge in [0.2, 0.25) is 0 Å². The van der Waals surface area contributed by atoms with E-state index in [2.05, 4.69) is 71.9 Å². The van der Waals surface area contributed by atoms with Crippen LogP contribution in [0, 0.1) is 0 Å². The first-order valence-corrected chi connectivity index (χ1v) is 12.6. The lowest BCUT2D eigenvalue weighted by atomic mass is 10.1. The Bertz CT molecular complexity index is 284. The third-order valence-electron chi connectivity index (χ3n) is 4.61. The van der Waals surface area contributed by atoms with E-state index in [-0.39, 0.29) is 5.04 Å². The Balaban J connectivity index is 4.99. The summed E-state index contributed by atoms with van der Waals surface area (Å²) < 4.78 is 6.50. The SMILES string of the molecule is C=CC(C)(CC)[Si](C)(C)OC(C)[Si](C)(C)C=C. The quantitative estimate of drug-likeness (QED) is 0.471. The second kappa shape index (κ2) is 5.68. The molecule has 0 fully saturated rings. The summed E-state index contributed by atoms with van der Waals surface area (Å²) in [6.07, 6.45) is 3.19. The van der Waals surface area contributed by atoms with Gasteiger partial charge in [0.15, 0.2) is 8.32 Å². The van der Waals surface area contributed by atoms with Crippen LogP contribution in [0.3, 0.4) is 0 Å². The summed E-state index contributed by atoms with van der Waals surface area (Å²) in [7, 11) is -3.23. The molecule has 0 aliphatic rings. The molecule has 2 atom stereocenters. The number of hydrogen-bond donors (Lipinski definition) is 0. The fourth-order valence-electron chi connectivity index (χ4n) is 1.71. The van der Waals surface area contributed by atoms with E-state index in [4.69, 9.17) is 4.43 Å². The summed E-state index contributed by atoms with van der Waals surface area (Å²) in [5, 5.41) is 0.146. The molecule has 0 aromatic heterocycles. The molecule has 0 bridgehead atoms. The summed E-state index contributed by atoms with van der Waals surface area (Å²) in [4.78, 5) is 0. The van der Waals surface area contributed by atoms with Gasteiger partial charge in [-0.3, -0.25) is 0 Å². The zero-order chi connectivity index (χ0) is 13.9. The molecule has 0 heterocycles. The minimum Gasteiger partial charge on any atom is -0.417 e. The van der Waals surface area contributed by atoms with Crippen molar-refractivity contribution < 1.29 is 4.43 Å². The Morgan fingerprint density at radius 3 is 2.00 bits per heavy atom. The third kappa shape index (κ3) is 3.66. The molecule has 100 valence electrons. The van der Waals surface area contributed by atoms with Gasteiger partial charge >= 0.3 is 0 Å². The van der Waals surface area contributed by atoms with Crippen LogP contribution >= 0.6 is 0 Å². The van der Waals surface area contributed by atoms with Crippen LogP contribution in [-0.2, 0) is 4.43 Å². The van der Waals surface area contributed by atoms with Crippen LogP contribution in [0.1, 0.15) is 27.2 Å². The molecule has 0 spiro atoms. The molecule has 0 aromatic carbocycles. The number of hydrogen-bond acceptors (Lipinski definition) is 1. The molecule has 1 nitrogen and oxygen atoms in total. The maximum Gasteiger partial charge on any atom is 0.196 e. The fraction of sp³-hybridized carbons (Fsp3) is 0.714. The first kappa shape index (κ1) is 16.9. The van der Waals surface area contributed by atoms with E-state index >= 15 is 0 Å². The van der Waals surface area contributed by atoms with Crippen LogP contribution in [0.15, 0.2) is 24.9 Å². The van der Waals surface area contributed by atoms with Crippen molar-refractivity contribution in [3.05, 3.63) is 24.9 Å². The number of rotatable bonds is 7. The molecule has 17 heavy (non-hydrogen) atoms. The van der Waals surface area contributed by atoms with Crippen LogP contribution in [0.4, 0.5) is 0 Å². The van der Waals surface area contributed by atoms with Crippen LogP contribution in [0.5, 0.6) is 0 Å². The van der Waals surface area contributed by atoms with Crippen molar-refractivity contribution in [1.82, 2.24) is 0 Å². The highest BCUT2D eigenvalue weighted by Gasteiger charge is 2.44. The van der Waals surface area contributed by atoms with E-state index in [0.29, 0.717) is 5.73 Å². The van der Waals surface area contributed by atoms with Crippen molar-refractivity contribution in [3.63, 3.8) is 0 Å². The minimum atomic E-state index is -1.78. The summed E-state index contributed by atoms with van der Waals surface area (Å²) in [5.41, 5.74) is 2.45. The number of allylic oxidation sites excluding steroid dienone is 1. The second-order valence-electron chi connectivity index (χ2n) is 6.27. The highest BCUT2D eigenvalue weighted by Crippen LogP contribution is 2.43. The van der Waals surface area contributed by atoms with Gasteiger partial charge in [-0.15, -0.1) is 13.2 Å². The lowest BCUT2D eigenvalue weighted by Gasteiger charge is -2.43. The van der Waals surface area contributed by atoms with Crippen LogP contribution < -0.4 is 0 Å². The van der Waals surface area contributed by atoms with Crippen molar-refractivity contribution in [2.75, 3.05) is 0 Å². The van der Waals surface area contributed by atoms with Gasteiger partial charge in [0.05, 0.1) is 0 Å². The molecular weight excluding hydrogens is 240 g/mol. The van der Waals surface area contributed by atoms with Gasteiger partial charge in [-0.2, -0.15) is 0 Å². The smallest absolute Gasteiger partial charge is 0.196 e. The van der Waals surface area contributed by atoms with Gasteiger partial charge in [0, 0.05) is 10.8 Å². The predicted octanol–water partition coefficient (Wildman–Crippen LogP) is 4.93. The topological polar surface area (TPSA) is 9.23 Å². The monoisotopic (exact) mass is 270 g/mol. The molecule has 0 aromatic rings. The summed E-state index contributed by atoms with van der Waals surface area (Å²) in [6, 6.07) is 0. The Kier molecular flexibility index (Phi) is 5.63. The van der Waals surface area contributed by atoms with Gasteiger partial charge in [-0.05, 0) is 26.4 Å². The Hall–Kier alpha value is -0.126. The molecular formula is C14H30OSi2. The Labute approximate surface area is 110 Å². The lowest BCUT2D eigenvalue weighted by molar-refractivity contribution is 0.263. The molecule has 0 aliphatic heterocycles. The lowest BCUT2D eigenvalue weighted by Crippen LogP contribution is -2.51. The van der Waals surface area contributed by atoms with Gasteiger partial charge in [0.1, 0.15) is 8.07 Å². The molecule has 0 N–H and O–H groups in total. The molecule has 0 amide bonds. The van der Waals surface area contributed by atoms with Crippen molar-refractivity contribution in [1.29, 1.82) is 0 Å². The molecule has 3 heteroatoms. The van der Waals surface area contributed by atoms with Gasteiger partial charge in [-0.25, -0.2) is 0 Å². The Morgan fingerprint density at radius 1 is 1.24 bits per heavy atom. The second-order valence-corrected chi connectivity index (χ2v) is 15.5. The van der Waals surface area contributed by atoms with E-state index < -0.39 is 16.4 Å². The normalized spacial score (nSPS) is 18.3. The van der Waals surface area contributed by atoms with Gasteiger partial charge in [-0.1, -0.05) is 38.7 Å². The van der Waals surface area contributed by atoms with E-state index in [1.54, 1.807) is 0 Å². The summed E-state index contributed by atoms with van der Waals surface area (Å²) >= 11 is 0. The van der Waals surface area contributed by atoms with Crippen LogP contribution in [-0.4, -0.2) is 22.1 Å². The minimum absolute atomic E-state index is 0.146. The third-order valence-corrected chi connectivity index (χ3v) is 12.4. The van der Waals surface area contributed by atoms with Crippen LogP contribution in [0.2, 0.25) is 31.2 Å². The average Bonchev–Trinajstić information content (AvgIpc) is 2.26. The summed E-state index contributed by atoms with van der Waals surface area (Å²) in [6.45, 7) is 23.9. The maximum atomic E-state index is 6.50.